The molecule has 15 heavy (non-hydrogen) atoms. The maximum absolute atomic E-state index is 12.8. The summed E-state index contributed by atoms with van der Waals surface area (Å²) in [6, 6.07) is 1.21. The van der Waals surface area contributed by atoms with E-state index in [0.29, 0.717) is 6.07 Å². The molecular formula is C7H3F4N3O. The lowest BCUT2D eigenvalue weighted by atomic mass is 10.1. The van der Waals surface area contributed by atoms with Gasteiger partial charge in [-0.2, -0.15) is 13.2 Å². The van der Waals surface area contributed by atoms with Crippen LogP contribution >= 0.6 is 0 Å². The third kappa shape index (κ3) is 2.10. The van der Waals surface area contributed by atoms with Crippen molar-refractivity contribution in [1.82, 2.24) is 0 Å². The molecule has 0 aromatic heterocycles. The Labute approximate surface area is 80.4 Å². The van der Waals surface area contributed by atoms with Crippen LogP contribution in [0.2, 0.25) is 0 Å². The van der Waals surface area contributed by atoms with Gasteiger partial charge >= 0.3 is 6.18 Å². The number of azide groups is 1. The molecule has 0 spiro atoms. The molecule has 0 unspecified atom stereocenters. The zero-order chi connectivity index (χ0) is 11.6. The molecule has 0 heterocycles. The second-order valence-corrected chi connectivity index (χ2v) is 2.48. The summed E-state index contributed by atoms with van der Waals surface area (Å²) in [5.41, 5.74) is 5.46. The van der Waals surface area contributed by atoms with Crippen molar-refractivity contribution < 1.29 is 22.7 Å². The zero-order valence-corrected chi connectivity index (χ0v) is 6.96. The topological polar surface area (TPSA) is 69.0 Å². The third-order valence-corrected chi connectivity index (χ3v) is 1.54. The van der Waals surface area contributed by atoms with Gasteiger partial charge in [0.05, 0.1) is 5.69 Å². The van der Waals surface area contributed by atoms with Crippen molar-refractivity contribution in [2.24, 2.45) is 5.11 Å². The van der Waals surface area contributed by atoms with Crippen molar-refractivity contribution in [2.45, 2.75) is 6.18 Å². The number of alkyl halides is 3. The fourth-order valence-corrected chi connectivity index (χ4v) is 0.954. The zero-order valence-electron chi connectivity index (χ0n) is 6.96. The molecule has 1 aromatic rings. The summed E-state index contributed by atoms with van der Waals surface area (Å²) in [5, 5.41) is 11.8. The molecular weight excluding hydrogens is 218 g/mol. The van der Waals surface area contributed by atoms with Gasteiger partial charge < -0.3 is 5.11 Å². The number of halogens is 4. The maximum Gasteiger partial charge on any atom is 0.422 e. The monoisotopic (exact) mass is 221 g/mol. The summed E-state index contributed by atoms with van der Waals surface area (Å²) in [4.78, 5) is 2.19. The molecule has 1 rings (SSSR count). The van der Waals surface area contributed by atoms with Gasteiger partial charge in [0.1, 0.15) is 17.1 Å². The molecule has 0 radical (unpaired) electrons. The molecule has 8 heteroatoms. The predicted octanol–water partition coefficient (Wildman–Crippen LogP) is 3.49. The molecule has 0 aliphatic heterocycles. The molecule has 0 bridgehead atoms. The Hall–Kier alpha value is -1.95. The second-order valence-electron chi connectivity index (χ2n) is 2.48. The number of hydrogen-bond acceptors (Lipinski definition) is 2. The Bertz CT molecular complexity index is 437. The van der Waals surface area contributed by atoms with Gasteiger partial charge in [-0.15, -0.1) is 0 Å². The summed E-state index contributed by atoms with van der Waals surface area (Å²) in [7, 11) is 0. The molecule has 0 amide bonds. The standard InChI is InChI=1S/C7H3F4N3O/c8-3-1-2-4(13-14-12)6(15)5(3)7(9,10)11/h1-2,15H. The van der Waals surface area contributed by atoms with E-state index >= 15 is 0 Å². The first-order chi connectivity index (χ1) is 6.88. The van der Waals surface area contributed by atoms with Gasteiger partial charge in [-0.25, -0.2) is 4.39 Å². The number of phenolic OH excluding ortho intramolecular Hbond substituents is 1. The average molecular weight is 221 g/mol. The van der Waals surface area contributed by atoms with Gasteiger partial charge in [-0.3, -0.25) is 0 Å². The number of hydrogen-bond donors (Lipinski definition) is 1. The first-order valence-corrected chi connectivity index (χ1v) is 3.51. The fourth-order valence-electron chi connectivity index (χ4n) is 0.954. The third-order valence-electron chi connectivity index (χ3n) is 1.54. The number of aromatic hydroxyl groups is 1. The van der Waals surface area contributed by atoms with Crippen LogP contribution in [0.4, 0.5) is 23.2 Å². The first-order valence-electron chi connectivity index (χ1n) is 3.51. The van der Waals surface area contributed by atoms with Crippen molar-refractivity contribution in [3.63, 3.8) is 0 Å². The minimum absolute atomic E-state index is 0.465. The van der Waals surface area contributed by atoms with Gasteiger partial charge in [-0.1, -0.05) is 5.11 Å². The molecule has 80 valence electrons. The van der Waals surface area contributed by atoms with E-state index in [9.17, 15) is 17.6 Å². The van der Waals surface area contributed by atoms with Gasteiger partial charge in [0.2, 0.25) is 0 Å². The average Bonchev–Trinajstić information content (AvgIpc) is 2.08. The van der Waals surface area contributed by atoms with E-state index in [-0.39, 0.29) is 0 Å². The Morgan fingerprint density at radius 1 is 1.33 bits per heavy atom. The summed E-state index contributed by atoms with van der Waals surface area (Å²) < 4.78 is 49.3. The van der Waals surface area contributed by atoms with Gasteiger partial charge in [-0.05, 0) is 17.7 Å². The van der Waals surface area contributed by atoms with E-state index in [1.807, 2.05) is 0 Å². The van der Waals surface area contributed by atoms with Crippen LogP contribution in [-0.4, -0.2) is 5.11 Å². The van der Waals surface area contributed by atoms with Gasteiger partial charge in [0, 0.05) is 4.91 Å². The van der Waals surface area contributed by atoms with Crippen LogP contribution in [0, 0.1) is 5.82 Å². The minimum Gasteiger partial charge on any atom is -0.507 e. The predicted molar refractivity (Wildman–Crippen MR) is 41.9 cm³/mol. The van der Waals surface area contributed by atoms with Gasteiger partial charge in [0.15, 0.2) is 0 Å². The Balaban J connectivity index is 3.50. The van der Waals surface area contributed by atoms with Crippen LogP contribution in [0.3, 0.4) is 0 Å². The summed E-state index contributed by atoms with van der Waals surface area (Å²) in [6.07, 6.45) is -5.05. The first kappa shape index (κ1) is 11.1. The largest absolute Gasteiger partial charge is 0.507 e. The lowest BCUT2D eigenvalue weighted by Crippen LogP contribution is -2.08. The normalized spacial score (nSPS) is 10.9. The maximum atomic E-state index is 12.8. The highest BCUT2D eigenvalue weighted by atomic mass is 19.4. The molecule has 0 aliphatic carbocycles. The van der Waals surface area contributed by atoms with Crippen LogP contribution in [0.1, 0.15) is 5.56 Å². The quantitative estimate of drug-likeness (QED) is 0.335. The van der Waals surface area contributed by atoms with Crippen LogP contribution in [0.25, 0.3) is 10.4 Å². The van der Waals surface area contributed by atoms with Gasteiger partial charge in [0.25, 0.3) is 0 Å². The van der Waals surface area contributed by atoms with E-state index in [4.69, 9.17) is 10.6 Å². The van der Waals surface area contributed by atoms with Crippen LogP contribution < -0.4 is 0 Å². The highest BCUT2D eigenvalue weighted by Crippen LogP contribution is 2.42. The smallest absolute Gasteiger partial charge is 0.422 e. The highest BCUT2D eigenvalue weighted by molar-refractivity contribution is 5.56. The molecule has 0 saturated carbocycles. The fraction of sp³-hybridized carbons (Fsp3) is 0.143. The van der Waals surface area contributed by atoms with E-state index in [1.165, 1.54) is 0 Å². The van der Waals surface area contributed by atoms with Crippen LogP contribution in [0.15, 0.2) is 17.2 Å². The number of benzene rings is 1. The Morgan fingerprint density at radius 2 is 1.93 bits per heavy atom. The lowest BCUT2D eigenvalue weighted by molar-refractivity contribution is -0.141. The molecule has 0 fully saturated rings. The van der Waals surface area contributed by atoms with E-state index < -0.39 is 29.0 Å². The SMILES string of the molecule is [N-]=[N+]=Nc1ccc(F)c(C(F)(F)F)c1O. The summed E-state index contributed by atoms with van der Waals surface area (Å²) in [6.45, 7) is 0. The molecule has 0 atom stereocenters. The minimum atomic E-state index is -5.05. The molecule has 0 saturated heterocycles. The van der Waals surface area contributed by atoms with Crippen LogP contribution in [0.5, 0.6) is 5.75 Å². The second kappa shape index (κ2) is 3.66. The number of nitrogens with zero attached hydrogens (tertiary/aromatic N) is 3. The Kier molecular flexibility index (Phi) is 2.71. The molecule has 1 aromatic carbocycles. The van der Waals surface area contributed by atoms with Crippen molar-refractivity contribution in [3.8, 4) is 5.75 Å². The summed E-state index contributed by atoms with van der Waals surface area (Å²) >= 11 is 0. The highest BCUT2D eigenvalue weighted by Gasteiger charge is 2.38. The van der Waals surface area contributed by atoms with Crippen molar-refractivity contribution >= 4 is 5.69 Å². The number of phenols is 1. The lowest BCUT2D eigenvalue weighted by Gasteiger charge is -2.10. The van der Waals surface area contributed by atoms with E-state index in [2.05, 4.69) is 10.0 Å². The number of rotatable bonds is 1. The van der Waals surface area contributed by atoms with Crippen molar-refractivity contribution in [1.29, 1.82) is 0 Å². The Morgan fingerprint density at radius 3 is 2.40 bits per heavy atom. The molecule has 0 aliphatic rings. The molecule has 4 nitrogen and oxygen atoms in total. The summed E-state index contributed by atoms with van der Waals surface area (Å²) in [5.74, 6) is -3.04. The van der Waals surface area contributed by atoms with E-state index in [0.717, 1.165) is 6.07 Å². The van der Waals surface area contributed by atoms with E-state index in [1.54, 1.807) is 0 Å². The van der Waals surface area contributed by atoms with Crippen LogP contribution in [-0.2, 0) is 6.18 Å². The molecule has 1 N–H and O–H groups in total. The van der Waals surface area contributed by atoms with Crippen molar-refractivity contribution in [2.75, 3.05) is 0 Å². The van der Waals surface area contributed by atoms with Crippen molar-refractivity contribution in [3.05, 3.63) is 34.0 Å².